The molecule has 330 valence electrons. The molecule has 1 aliphatic carbocycles. The fourth-order valence-corrected chi connectivity index (χ4v) is 10.5. The number of para-hydroxylation sites is 2. The lowest BCUT2D eigenvalue weighted by atomic mass is 9.86. The summed E-state index contributed by atoms with van der Waals surface area (Å²) >= 11 is 0. The molecule has 0 saturated carbocycles. The molecule has 69 heavy (non-hydrogen) atoms. The number of nitrogens with zero attached hydrogens (tertiary/aromatic N) is 2. The van der Waals surface area contributed by atoms with Crippen LogP contribution in [0, 0.1) is 17.6 Å². The van der Waals surface area contributed by atoms with Gasteiger partial charge in [0.15, 0.2) is 0 Å². The fraction of sp³-hybridized carbons (Fsp3) is 0.0462. The highest BCUT2D eigenvalue weighted by Crippen LogP contribution is 2.52. The van der Waals surface area contributed by atoms with Crippen molar-refractivity contribution >= 4 is 72.0 Å². The molecule has 0 radical (unpaired) electrons. The van der Waals surface area contributed by atoms with Gasteiger partial charge >= 0.3 is 0 Å². The zero-order valence-corrected chi connectivity index (χ0v) is 38.0. The van der Waals surface area contributed by atoms with Crippen molar-refractivity contribution in [2.45, 2.75) is 13.3 Å². The zero-order chi connectivity index (χ0) is 46.4. The smallest absolute Gasteiger partial charge is 0.148 e. The van der Waals surface area contributed by atoms with Gasteiger partial charge in [-0.2, -0.15) is 0 Å². The number of allylic oxidation sites excluding steroid dienone is 4. The maximum atomic E-state index is 17.7. The van der Waals surface area contributed by atoms with Crippen LogP contribution in [-0.4, -0.2) is 0 Å². The summed E-state index contributed by atoms with van der Waals surface area (Å²) in [5, 5.41) is 6.14. The van der Waals surface area contributed by atoms with E-state index in [4.69, 9.17) is 0 Å². The molecule has 12 rings (SSSR count). The van der Waals surface area contributed by atoms with Crippen LogP contribution < -0.4 is 9.80 Å². The summed E-state index contributed by atoms with van der Waals surface area (Å²) in [6.45, 7) is 2.20. The summed E-state index contributed by atoms with van der Waals surface area (Å²) < 4.78 is 35.4. The molecule has 11 aromatic rings. The van der Waals surface area contributed by atoms with Crippen molar-refractivity contribution in [3.63, 3.8) is 0 Å². The van der Waals surface area contributed by atoms with E-state index in [9.17, 15) is 0 Å². The predicted octanol–water partition coefficient (Wildman–Crippen LogP) is 18.8. The Morgan fingerprint density at radius 3 is 1.28 bits per heavy atom. The Labute approximate surface area is 401 Å². The van der Waals surface area contributed by atoms with Gasteiger partial charge in [-0.05, 0) is 128 Å². The van der Waals surface area contributed by atoms with Crippen LogP contribution in [0.3, 0.4) is 0 Å². The van der Waals surface area contributed by atoms with E-state index in [0.29, 0.717) is 11.4 Å². The summed E-state index contributed by atoms with van der Waals surface area (Å²) in [4.78, 5) is 4.18. The van der Waals surface area contributed by atoms with Crippen LogP contribution in [0.5, 0.6) is 0 Å². The molecule has 0 aromatic heterocycles. The number of anilines is 6. The summed E-state index contributed by atoms with van der Waals surface area (Å²) in [7, 11) is 0. The van der Waals surface area contributed by atoms with E-state index in [1.54, 1.807) is 12.1 Å². The van der Waals surface area contributed by atoms with E-state index < -0.39 is 0 Å². The minimum absolute atomic E-state index is 0.254. The summed E-state index contributed by atoms with van der Waals surface area (Å²) in [6.07, 6.45) is 7.28. The van der Waals surface area contributed by atoms with Gasteiger partial charge in [0, 0.05) is 33.3 Å². The van der Waals surface area contributed by atoms with Gasteiger partial charge in [0.1, 0.15) is 11.6 Å². The molecule has 0 amide bonds. The van der Waals surface area contributed by atoms with Crippen LogP contribution in [0.15, 0.2) is 243 Å². The number of rotatable bonds is 10. The first-order chi connectivity index (χ1) is 34.0. The summed E-state index contributed by atoms with van der Waals surface area (Å²) in [5.41, 5.74) is 11.4. The highest BCUT2D eigenvalue weighted by atomic mass is 19.1. The average molecular weight is 893 g/mol. The third-order valence-electron chi connectivity index (χ3n) is 13.7. The third-order valence-corrected chi connectivity index (χ3v) is 13.7. The zero-order valence-electron chi connectivity index (χ0n) is 38.0. The quantitative estimate of drug-likeness (QED) is 0.126. The molecular formula is C65H46F2N2. The number of benzene rings is 11. The molecule has 11 aromatic carbocycles. The Morgan fingerprint density at radius 2 is 0.812 bits per heavy atom. The normalized spacial score (nSPS) is 13.6. The van der Waals surface area contributed by atoms with E-state index in [1.165, 1.54) is 0 Å². The first-order valence-electron chi connectivity index (χ1n) is 23.6. The van der Waals surface area contributed by atoms with Gasteiger partial charge in [0.2, 0.25) is 0 Å². The molecule has 0 spiro atoms. The Hall–Kier alpha value is -8.60. The molecule has 4 heteroatoms. The van der Waals surface area contributed by atoms with E-state index in [1.807, 2.05) is 127 Å². The van der Waals surface area contributed by atoms with Crippen LogP contribution in [0.25, 0.3) is 71.3 Å². The van der Waals surface area contributed by atoms with Crippen LogP contribution in [0.4, 0.5) is 42.9 Å². The SMILES string of the molecule is CC1CC=CC=C1c1cc(F)c(N(c2ccccc2)c2ccc3ccc4c(N(c5ccccc5)c5c(F)cc(-c6ccccc6)cc5-c5ccccc5)ccc5ccc2c3c54)c(-c2ccccc2)c1. The molecular weight excluding hydrogens is 847 g/mol. The highest BCUT2D eigenvalue weighted by molar-refractivity contribution is 6.28. The van der Waals surface area contributed by atoms with Crippen molar-refractivity contribution in [3.8, 4) is 33.4 Å². The Bertz CT molecular complexity index is 3720. The van der Waals surface area contributed by atoms with Crippen LogP contribution in [0.1, 0.15) is 18.9 Å². The van der Waals surface area contributed by atoms with Crippen molar-refractivity contribution in [1.82, 2.24) is 0 Å². The molecule has 0 N–H and O–H groups in total. The molecule has 0 bridgehead atoms. The third kappa shape index (κ3) is 7.42. The van der Waals surface area contributed by atoms with Gasteiger partial charge in [-0.3, -0.25) is 0 Å². The first kappa shape index (κ1) is 41.8. The van der Waals surface area contributed by atoms with E-state index in [0.717, 1.165) is 106 Å². The van der Waals surface area contributed by atoms with Gasteiger partial charge in [-0.15, -0.1) is 0 Å². The topological polar surface area (TPSA) is 6.48 Å². The molecule has 2 nitrogen and oxygen atoms in total. The number of halogens is 2. The van der Waals surface area contributed by atoms with Crippen molar-refractivity contribution in [1.29, 1.82) is 0 Å². The van der Waals surface area contributed by atoms with E-state index in [-0.39, 0.29) is 17.6 Å². The van der Waals surface area contributed by atoms with Gasteiger partial charge in [-0.25, -0.2) is 8.78 Å². The molecule has 0 aliphatic heterocycles. The molecule has 1 unspecified atom stereocenters. The van der Waals surface area contributed by atoms with Crippen LogP contribution in [0.2, 0.25) is 0 Å². The first-order valence-corrected chi connectivity index (χ1v) is 23.6. The lowest BCUT2D eigenvalue weighted by Crippen LogP contribution is -2.15. The Morgan fingerprint density at radius 1 is 0.406 bits per heavy atom. The summed E-state index contributed by atoms with van der Waals surface area (Å²) in [6, 6.07) is 75.3. The van der Waals surface area contributed by atoms with Gasteiger partial charge < -0.3 is 9.80 Å². The minimum atomic E-state index is -0.335. The Kier molecular flexibility index (Phi) is 10.6. The summed E-state index contributed by atoms with van der Waals surface area (Å²) in [5.74, 6) is -0.387. The second-order valence-corrected chi connectivity index (χ2v) is 17.9. The standard InChI is InChI=1S/C65H46F2N2/c1-43-19-17-18-30-53(43)50-40-57(46-24-11-4-12-25-46)65(59(67)42-50)69(52-28-15-6-16-29-52)61-38-34-48-31-35-54-60(37-33-47-32-36-55(61)63(48)62(47)54)68(51-26-13-5-14-27-51)64-56(45-22-9-3-10-23-45)39-49(41-58(64)66)44-20-7-2-8-21-44/h2-18,20-43H,19H2,1H3. The maximum Gasteiger partial charge on any atom is 0.148 e. The monoisotopic (exact) mass is 892 g/mol. The molecule has 0 heterocycles. The highest BCUT2D eigenvalue weighted by Gasteiger charge is 2.28. The van der Waals surface area contributed by atoms with Gasteiger partial charge in [0.25, 0.3) is 0 Å². The second kappa shape index (κ2) is 17.6. The van der Waals surface area contributed by atoms with Crippen LogP contribution >= 0.6 is 0 Å². The Balaban J connectivity index is 1.11. The van der Waals surface area contributed by atoms with Gasteiger partial charge in [0.05, 0.1) is 22.7 Å². The minimum Gasteiger partial charge on any atom is -0.307 e. The van der Waals surface area contributed by atoms with Crippen molar-refractivity contribution < 1.29 is 8.78 Å². The number of hydrogen-bond acceptors (Lipinski definition) is 2. The predicted molar refractivity (Wildman–Crippen MR) is 287 cm³/mol. The molecule has 0 fully saturated rings. The van der Waals surface area contributed by atoms with Gasteiger partial charge in [-0.1, -0.05) is 189 Å². The van der Waals surface area contributed by atoms with E-state index in [2.05, 4.69) is 120 Å². The average Bonchev–Trinajstić information content (AvgIpc) is 3.41. The van der Waals surface area contributed by atoms with Crippen molar-refractivity contribution in [3.05, 3.63) is 260 Å². The largest absolute Gasteiger partial charge is 0.307 e. The van der Waals surface area contributed by atoms with Crippen molar-refractivity contribution in [2.75, 3.05) is 9.80 Å². The lowest BCUT2D eigenvalue weighted by Gasteiger charge is -2.32. The lowest BCUT2D eigenvalue weighted by molar-refractivity contribution is 0.628. The van der Waals surface area contributed by atoms with E-state index >= 15 is 8.78 Å². The molecule has 1 atom stereocenters. The molecule has 0 saturated heterocycles. The number of hydrogen-bond donors (Lipinski definition) is 0. The maximum absolute atomic E-state index is 17.7. The van der Waals surface area contributed by atoms with Crippen LogP contribution in [-0.2, 0) is 0 Å². The molecule has 1 aliphatic rings. The second-order valence-electron chi connectivity index (χ2n) is 17.9. The van der Waals surface area contributed by atoms with Crippen molar-refractivity contribution in [2.24, 2.45) is 5.92 Å². The fourth-order valence-electron chi connectivity index (χ4n) is 10.5.